The highest BCUT2D eigenvalue weighted by Gasteiger charge is 2.41. The molecule has 3 unspecified atom stereocenters. The highest BCUT2D eigenvalue weighted by Crippen LogP contribution is 2.37. The number of benzene rings is 1. The molecule has 1 aliphatic carbocycles. The second-order valence-electron chi connectivity index (χ2n) is 6.34. The van der Waals surface area contributed by atoms with Crippen LogP contribution in [0.15, 0.2) is 24.3 Å². The van der Waals surface area contributed by atoms with Crippen LogP contribution in [-0.4, -0.2) is 30.0 Å². The molecule has 0 bridgehead atoms. The van der Waals surface area contributed by atoms with Crippen molar-refractivity contribution in [2.45, 2.75) is 51.4 Å². The Kier molecular flexibility index (Phi) is 3.89. The predicted octanol–water partition coefficient (Wildman–Crippen LogP) is 2.70. The Morgan fingerprint density at radius 2 is 2.19 bits per heavy atom. The SMILES string of the molecule is COc1cccc(C2NC(C)C(=O)N2C(C)CC2CC2)c1. The topological polar surface area (TPSA) is 41.6 Å². The van der Waals surface area contributed by atoms with Crippen molar-refractivity contribution in [3.05, 3.63) is 29.8 Å². The Labute approximate surface area is 126 Å². The second kappa shape index (κ2) is 5.68. The summed E-state index contributed by atoms with van der Waals surface area (Å²) in [6, 6.07) is 8.14. The molecule has 0 radical (unpaired) electrons. The highest BCUT2D eigenvalue weighted by atomic mass is 16.5. The van der Waals surface area contributed by atoms with Gasteiger partial charge in [0.05, 0.1) is 13.2 Å². The van der Waals surface area contributed by atoms with Crippen molar-refractivity contribution >= 4 is 5.91 Å². The van der Waals surface area contributed by atoms with Gasteiger partial charge in [0.1, 0.15) is 11.9 Å². The first-order valence-electron chi connectivity index (χ1n) is 7.82. The van der Waals surface area contributed by atoms with Crippen LogP contribution in [0.1, 0.15) is 44.8 Å². The smallest absolute Gasteiger partial charge is 0.241 e. The molecule has 4 nitrogen and oxygen atoms in total. The first-order valence-corrected chi connectivity index (χ1v) is 7.82. The summed E-state index contributed by atoms with van der Waals surface area (Å²) < 4.78 is 5.31. The number of hydrogen-bond acceptors (Lipinski definition) is 3. The van der Waals surface area contributed by atoms with Gasteiger partial charge in [-0.1, -0.05) is 25.0 Å². The van der Waals surface area contributed by atoms with Crippen molar-refractivity contribution in [1.82, 2.24) is 10.2 Å². The fourth-order valence-corrected chi connectivity index (χ4v) is 3.23. The quantitative estimate of drug-likeness (QED) is 0.906. The summed E-state index contributed by atoms with van der Waals surface area (Å²) >= 11 is 0. The van der Waals surface area contributed by atoms with Crippen LogP contribution in [0.25, 0.3) is 0 Å². The number of rotatable bonds is 5. The molecule has 21 heavy (non-hydrogen) atoms. The van der Waals surface area contributed by atoms with Crippen molar-refractivity contribution in [3.63, 3.8) is 0 Å². The van der Waals surface area contributed by atoms with Gasteiger partial charge in [-0.25, -0.2) is 0 Å². The van der Waals surface area contributed by atoms with Gasteiger partial charge in [0.25, 0.3) is 0 Å². The molecule has 1 N–H and O–H groups in total. The Bertz CT molecular complexity index is 527. The van der Waals surface area contributed by atoms with Crippen LogP contribution in [0.4, 0.5) is 0 Å². The maximum Gasteiger partial charge on any atom is 0.241 e. The Morgan fingerprint density at radius 3 is 2.86 bits per heavy atom. The summed E-state index contributed by atoms with van der Waals surface area (Å²) in [7, 11) is 1.67. The van der Waals surface area contributed by atoms with Crippen LogP contribution in [-0.2, 0) is 4.79 Å². The Morgan fingerprint density at radius 1 is 1.43 bits per heavy atom. The zero-order valence-electron chi connectivity index (χ0n) is 13.0. The second-order valence-corrected chi connectivity index (χ2v) is 6.34. The summed E-state index contributed by atoms with van der Waals surface area (Å²) in [4.78, 5) is 14.5. The van der Waals surface area contributed by atoms with E-state index in [2.05, 4.69) is 18.3 Å². The van der Waals surface area contributed by atoms with Gasteiger partial charge in [-0.15, -0.1) is 0 Å². The van der Waals surface area contributed by atoms with Crippen LogP contribution < -0.4 is 10.1 Å². The fourth-order valence-electron chi connectivity index (χ4n) is 3.23. The highest BCUT2D eigenvalue weighted by molar-refractivity contribution is 5.84. The van der Waals surface area contributed by atoms with E-state index in [1.807, 2.05) is 30.0 Å². The fraction of sp³-hybridized carbons (Fsp3) is 0.588. The third-order valence-corrected chi connectivity index (χ3v) is 4.57. The number of carbonyl (C=O) groups excluding carboxylic acids is 1. The molecule has 1 heterocycles. The average Bonchev–Trinajstić information content (AvgIpc) is 3.24. The van der Waals surface area contributed by atoms with Crippen LogP contribution in [0.3, 0.4) is 0 Å². The summed E-state index contributed by atoms with van der Waals surface area (Å²) in [5, 5.41) is 3.42. The lowest BCUT2D eigenvalue weighted by Gasteiger charge is -2.31. The third-order valence-electron chi connectivity index (χ3n) is 4.57. The molecule has 3 atom stereocenters. The lowest BCUT2D eigenvalue weighted by Crippen LogP contribution is -2.38. The van der Waals surface area contributed by atoms with Gasteiger partial charge in [0, 0.05) is 6.04 Å². The van der Waals surface area contributed by atoms with Crippen LogP contribution in [0.5, 0.6) is 5.75 Å². The maximum absolute atomic E-state index is 12.5. The molecule has 2 aliphatic rings. The van der Waals surface area contributed by atoms with Crippen LogP contribution in [0, 0.1) is 5.92 Å². The third kappa shape index (κ3) is 2.91. The average molecular weight is 288 g/mol. The molecule has 1 amide bonds. The van der Waals surface area contributed by atoms with Gasteiger partial charge in [0.2, 0.25) is 5.91 Å². The minimum atomic E-state index is -0.122. The van der Waals surface area contributed by atoms with Crippen molar-refractivity contribution in [2.75, 3.05) is 7.11 Å². The molecule has 4 heteroatoms. The number of nitrogens with zero attached hydrogens (tertiary/aromatic N) is 1. The Hall–Kier alpha value is -1.55. The number of ether oxygens (including phenoxy) is 1. The van der Waals surface area contributed by atoms with E-state index in [-0.39, 0.29) is 24.2 Å². The van der Waals surface area contributed by atoms with Crippen molar-refractivity contribution in [3.8, 4) is 5.75 Å². The predicted molar refractivity (Wildman–Crippen MR) is 82.0 cm³/mol. The lowest BCUT2D eigenvalue weighted by atomic mass is 10.1. The minimum Gasteiger partial charge on any atom is -0.497 e. The maximum atomic E-state index is 12.5. The molecule has 0 spiro atoms. The van der Waals surface area contributed by atoms with E-state index >= 15 is 0 Å². The monoisotopic (exact) mass is 288 g/mol. The molecular formula is C17H24N2O2. The van der Waals surface area contributed by atoms with E-state index in [1.54, 1.807) is 7.11 Å². The number of hydrogen-bond donors (Lipinski definition) is 1. The van der Waals surface area contributed by atoms with Crippen LogP contribution >= 0.6 is 0 Å². The normalized spacial score (nSPS) is 27.0. The molecule has 114 valence electrons. The molecular weight excluding hydrogens is 264 g/mol. The van der Waals surface area contributed by atoms with Gasteiger partial charge in [-0.2, -0.15) is 0 Å². The number of amides is 1. The van der Waals surface area contributed by atoms with Crippen molar-refractivity contribution in [1.29, 1.82) is 0 Å². The summed E-state index contributed by atoms with van der Waals surface area (Å²) in [6.45, 7) is 4.11. The van der Waals surface area contributed by atoms with Gasteiger partial charge in [-0.05, 0) is 43.9 Å². The van der Waals surface area contributed by atoms with E-state index in [0.717, 1.165) is 23.7 Å². The molecule has 3 rings (SSSR count). The first kappa shape index (κ1) is 14.4. The first-order chi connectivity index (χ1) is 10.1. The minimum absolute atomic E-state index is 0.0450. The van der Waals surface area contributed by atoms with E-state index < -0.39 is 0 Å². The van der Waals surface area contributed by atoms with E-state index in [0.29, 0.717) is 0 Å². The molecule has 1 saturated heterocycles. The number of carbonyl (C=O) groups is 1. The number of nitrogens with one attached hydrogen (secondary N) is 1. The zero-order valence-corrected chi connectivity index (χ0v) is 13.0. The van der Waals surface area contributed by atoms with E-state index in [9.17, 15) is 4.79 Å². The molecule has 1 aromatic carbocycles. The van der Waals surface area contributed by atoms with Crippen molar-refractivity contribution < 1.29 is 9.53 Å². The summed E-state index contributed by atoms with van der Waals surface area (Å²) in [5.74, 6) is 1.85. The van der Waals surface area contributed by atoms with Crippen molar-refractivity contribution in [2.24, 2.45) is 5.92 Å². The van der Waals surface area contributed by atoms with Gasteiger partial charge in [0.15, 0.2) is 0 Å². The largest absolute Gasteiger partial charge is 0.497 e. The molecule has 1 aromatic rings. The standard InChI is InChI=1S/C17H24N2O2/c1-11(9-13-7-8-13)19-16(18-12(2)17(19)20)14-5-4-6-15(10-14)21-3/h4-6,10-13,16,18H,7-9H2,1-3H3. The molecule has 1 saturated carbocycles. The summed E-state index contributed by atoms with van der Waals surface area (Å²) in [5.41, 5.74) is 1.09. The van der Waals surface area contributed by atoms with Crippen LogP contribution in [0.2, 0.25) is 0 Å². The summed E-state index contributed by atoms with van der Waals surface area (Å²) in [6.07, 6.45) is 3.70. The van der Waals surface area contributed by atoms with E-state index in [1.165, 1.54) is 12.8 Å². The van der Waals surface area contributed by atoms with Gasteiger partial charge >= 0.3 is 0 Å². The molecule has 0 aromatic heterocycles. The lowest BCUT2D eigenvalue weighted by molar-refractivity contribution is -0.132. The van der Waals surface area contributed by atoms with E-state index in [4.69, 9.17) is 4.74 Å². The van der Waals surface area contributed by atoms with Gasteiger partial charge < -0.3 is 9.64 Å². The molecule has 1 aliphatic heterocycles. The molecule has 2 fully saturated rings. The Balaban J connectivity index is 1.84. The van der Waals surface area contributed by atoms with Gasteiger partial charge in [-0.3, -0.25) is 10.1 Å². The zero-order chi connectivity index (χ0) is 15.0. The number of methoxy groups -OCH3 is 1.